The van der Waals surface area contributed by atoms with Crippen molar-refractivity contribution in [2.24, 2.45) is 11.8 Å². The van der Waals surface area contributed by atoms with Crippen molar-refractivity contribution < 1.29 is 9.31 Å². The molecule has 2 aliphatic carbocycles. The van der Waals surface area contributed by atoms with Gasteiger partial charge in [-0.15, -0.1) is 0 Å². The zero-order chi connectivity index (χ0) is 16.3. The summed E-state index contributed by atoms with van der Waals surface area (Å²) >= 11 is 0. The molecule has 3 aliphatic rings. The van der Waals surface area contributed by atoms with E-state index in [1.165, 1.54) is 64.2 Å². The molecule has 1 aliphatic heterocycles. The van der Waals surface area contributed by atoms with Crippen LogP contribution in [0.4, 0.5) is 0 Å². The van der Waals surface area contributed by atoms with E-state index in [0.29, 0.717) is 18.3 Å². The van der Waals surface area contributed by atoms with Crippen LogP contribution in [0.2, 0.25) is 5.31 Å². The van der Waals surface area contributed by atoms with E-state index in [9.17, 15) is 0 Å². The molecule has 2 saturated carbocycles. The fourth-order valence-corrected chi connectivity index (χ4v) is 4.81. The second kappa shape index (κ2) is 7.57. The summed E-state index contributed by atoms with van der Waals surface area (Å²) in [5, 5.41) is 8.91. The van der Waals surface area contributed by atoms with Gasteiger partial charge in [0, 0.05) is 11.7 Å². The maximum Gasteiger partial charge on any atom is 0.464 e. The molecule has 0 radical (unpaired) electrons. The quantitative estimate of drug-likeness (QED) is 0.676. The first kappa shape index (κ1) is 17.3. The Kier molecular flexibility index (Phi) is 5.70. The van der Waals surface area contributed by atoms with Crippen LogP contribution in [0.1, 0.15) is 84.5 Å². The molecule has 4 heteroatoms. The Labute approximate surface area is 142 Å². The van der Waals surface area contributed by atoms with Gasteiger partial charge in [0.1, 0.15) is 0 Å². The first-order valence-corrected chi connectivity index (χ1v) is 9.80. The van der Waals surface area contributed by atoms with Crippen LogP contribution in [0.15, 0.2) is 0 Å². The molecule has 0 amide bonds. The third kappa shape index (κ3) is 3.94. The summed E-state index contributed by atoms with van der Waals surface area (Å²) < 4.78 is 13.0. The highest BCUT2D eigenvalue weighted by Crippen LogP contribution is 2.45. The van der Waals surface area contributed by atoms with Crippen LogP contribution in [0, 0.1) is 23.2 Å². The van der Waals surface area contributed by atoms with Crippen molar-refractivity contribution in [3.63, 3.8) is 0 Å². The molecule has 0 aromatic carbocycles. The van der Waals surface area contributed by atoms with Gasteiger partial charge in [0.05, 0.1) is 18.3 Å². The molecule has 23 heavy (non-hydrogen) atoms. The molecule has 0 N–H and O–H groups in total. The van der Waals surface area contributed by atoms with E-state index in [2.05, 4.69) is 19.9 Å². The van der Waals surface area contributed by atoms with Crippen LogP contribution < -0.4 is 0 Å². The van der Waals surface area contributed by atoms with Crippen molar-refractivity contribution >= 4 is 7.12 Å². The molecule has 1 heterocycles. The van der Waals surface area contributed by atoms with Crippen molar-refractivity contribution in [1.29, 1.82) is 5.26 Å². The summed E-state index contributed by atoms with van der Waals surface area (Å²) in [6.07, 6.45) is 14.3. The molecular weight excluding hydrogens is 285 g/mol. The Morgan fingerprint density at radius 1 is 0.870 bits per heavy atom. The van der Waals surface area contributed by atoms with Gasteiger partial charge in [-0.3, -0.25) is 0 Å². The van der Waals surface area contributed by atoms with Crippen molar-refractivity contribution in [2.75, 3.05) is 0 Å². The van der Waals surface area contributed by atoms with E-state index >= 15 is 0 Å². The third-order valence-electron chi connectivity index (χ3n) is 6.29. The lowest BCUT2D eigenvalue weighted by atomic mass is 9.58. The van der Waals surface area contributed by atoms with Gasteiger partial charge in [-0.2, -0.15) is 5.26 Å². The van der Waals surface area contributed by atoms with Crippen LogP contribution in [0.5, 0.6) is 0 Å². The Morgan fingerprint density at radius 2 is 1.30 bits per heavy atom. The first-order chi connectivity index (χ1) is 11.1. The lowest BCUT2D eigenvalue weighted by molar-refractivity contribution is 0.0324. The predicted molar refractivity (Wildman–Crippen MR) is 92.9 cm³/mol. The normalized spacial score (nSPS) is 31.3. The molecule has 2 atom stereocenters. The van der Waals surface area contributed by atoms with E-state index in [0.717, 1.165) is 0 Å². The number of nitrogens with zero attached hydrogens (tertiary/aromatic N) is 1. The summed E-state index contributed by atoms with van der Waals surface area (Å²) in [6, 6.07) is 2.31. The Morgan fingerprint density at radius 3 is 1.70 bits per heavy atom. The minimum absolute atomic E-state index is 0.207. The highest BCUT2D eigenvalue weighted by molar-refractivity contribution is 6.49. The smallest absolute Gasteiger partial charge is 0.405 e. The minimum Gasteiger partial charge on any atom is -0.405 e. The second-order valence-corrected chi connectivity index (χ2v) is 8.65. The standard InChI is InChI=1S/C19H32BNO2/c1-19(2,13-14-21)20-22-17(15-9-5-3-6-10-15)18(23-20)16-11-7-4-8-12-16/h15-18H,3-13H2,1-2H3/t17-,18-/m0/s1. The second-order valence-electron chi connectivity index (χ2n) is 8.65. The third-order valence-corrected chi connectivity index (χ3v) is 6.29. The zero-order valence-electron chi connectivity index (χ0n) is 14.9. The predicted octanol–water partition coefficient (Wildman–Crippen LogP) is 5.11. The molecular formula is C19H32BNO2. The molecule has 3 fully saturated rings. The van der Waals surface area contributed by atoms with Gasteiger partial charge >= 0.3 is 7.12 Å². The van der Waals surface area contributed by atoms with Crippen LogP contribution >= 0.6 is 0 Å². The SMILES string of the molecule is CC(C)(CC#N)B1O[C@@H](C2CCCCC2)[C@H](C2CCCCC2)O1. The average molecular weight is 317 g/mol. The zero-order valence-corrected chi connectivity index (χ0v) is 14.9. The van der Waals surface area contributed by atoms with Crippen molar-refractivity contribution in [3.05, 3.63) is 0 Å². The van der Waals surface area contributed by atoms with Gasteiger partial charge in [-0.05, 0) is 37.5 Å². The van der Waals surface area contributed by atoms with Crippen LogP contribution in [-0.4, -0.2) is 19.3 Å². The lowest BCUT2D eigenvalue weighted by Gasteiger charge is -2.35. The van der Waals surface area contributed by atoms with E-state index < -0.39 is 0 Å². The fraction of sp³-hybridized carbons (Fsp3) is 0.947. The molecule has 1 saturated heterocycles. The summed E-state index contributed by atoms with van der Waals surface area (Å²) in [4.78, 5) is 0. The van der Waals surface area contributed by atoms with E-state index in [4.69, 9.17) is 14.6 Å². The van der Waals surface area contributed by atoms with Gasteiger partial charge in [-0.25, -0.2) is 0 Å². The summed E-state index contributed by atoms with van der Waals surface area (Å²) in [7, 11) is -0.207. The molecule has 128 valence electrons. The van der Waals surface area contributed by atoms with E-state index in [1.807, 2.05) is 0 Å². The molecule has 0 aromatic rings. The number of hydrogen-bond donors (Lipinski definition) is 0. The van der Waals surface area contributed by atoms with E-state index in [1.54, 1.807) is 0 Å². The highest BCUT2D eigenvalue weighted by Gasteiger charge is 2.52. The molecule has 3 nitrogen and oxygen atoms in total. The number of rotatable bonds is 4. The number of hydrogen-bond acceptors (Lipinski definition) is 3. The van der Waals surface area contributed by atoms with Crippen LogP contribution in [0.3, 0.4) is 0 Å². The number of nitriles is 1. The van der Waals surface area contributed by atoms with Gasteiger partial charge in [0.2, 0.25) is 0 Å². The van der Waals surface area contributed by atoms with Crippen LogP contribution in [0.25, 0.3) is 0 Å². The van der Waals surface area contributed by atoms with Crippen molar-refractivity contribution in [3.8, 4) is 6.07 Å². The monoisotopic (exact) mass is 317 g/mol. The Balaban J connectivity index is 1.74. The van der Waals surface area contributed by atoms with E-state index in [-0.39, 0.29) is 24.6 Å². The lowest BCUT2D eigenvalue weighted by Crippen LogP contribution is -2.38. The Bertz CT molecular complexity index is 396. The molecule has 0 aromatic heterocycles. The Hall–Kier alpha value is -0.525. The summed E-state index contributed by atoms with van der Waals surface area (Å²) in [5.41, 5.74) is 0. The first-order valence-electron chi connectivity index (χ1n) is 9.80. The van der Waals surface area contributed by atoms with Gasteiger partial charge in [0.15, 0.2) is 0 Å². The van der Waals surface area contributed by atoms with Crippen LogP contribution in [-0.2, 0) is 9.31 Å². The molecule has 0 spiro atoms. The minimum atomic E-state index is -0.217. The fourth-order valence-electron chi connectivity index (χ4n) is 4.81. The molecule has 3 rings (SSSR count). The molecule has 0 bridgehead atoms. The van der Waals surface area contributed by atoms with Crippen molar-refractivity contribution in [1.82, 2.24) is 0 Å². The summed E-state index contributed by atoms with van der Waals surface area (Å²) in [6.45, 7) is 4.23. The largest absolute Gasteiger partial charge is 0.464 e. The van der Waals surface area contributed by atoms with Crippen molar-refractivity contribution in [2.45, 2.75) is 102 Å². The van der Waals surface area contributed by atoms with Gasteiger partial charge < -0.3 is 9.31 Å². The maximum atomic E-state index is 9.13. The highest BCUT2D eigenvalue weighted by atomic mass is 16.7. The van der Waals surface area contributed by atoms with Gasteiger partial charge in [-0.1, -0.05) is 52.4 Å². The average Bonchev–Trinajstić information content (AvgIpc) is 3.03. The van der Waals surface area contributed by atoms with Gasteiger partial charge in [0.25, 0.3) is 0 Å². The maximum absolute atomic E-state index is 9.13. The topological polar surface area (TPSA) is 42.2 Å². The summed E-state index contributed by atoms with van der Waals surface area (Å²) in [5.74, 6) is 1.33. The molecule has 0 unspecified atom stereocenters.